The number of aromatic nitrogens is 3. The highest BCUT2D eigenvalue weighted by Crippen LogP contribution is 2.27. The van der Waals surface area contributed by atoms with Crippen molar-refractivity contribution >= 4 is 16.8 Å². The topological polar surface area (TPSA) is 64.8 Å². The van der Waals surface area contributed by atoms with Gasteiger partial charge in [-0.05, 0) is 46.0 Å². The first-order chi connectivity index (χ1) is 13.7. The maximum absolute atomic E-state index is 12.7. The second-order valence-electron chi connectivity index (χ2n) is 7.13. The molecule has 5 nitrogen and oxygen atoms in total. The number of carbonyl (C=O) groups is 1. The molecule has 0 amide bonds. The van der Waals surface area contributed by atoms with Crippen LogP contribution in [-0.2, 0) is 24.2 Å². The minimum atomic E-state index is -0.0976. The van der Waals surface area contributed by atoms with Crippen molar-refractivity contribution in [3.05, 3.63) is 94.2 Å². The molecule has 2 aromatic carbocycles. The standard InChI is InChI=1S/C23H17N3O2/c27-20-11-18-7-6-17(10-19(18)12-20)16-4-1-3-15(9-16)13-26-14-25-22-21(23(26)28)5-2-8-24-22/h1-10,14H,11-13H2. The molecule has 0 unspecified atom stereocenters. The van der Waals surface area contributed by atoms with Crippen LogP contribution in [0.15, 0.2) is 71.9 Å². The van der Waals surface area contributed by atoms with E-state index >= 15 is 0 Å². The van der Waals surface area contributed by atoms with Crippen LogP contribution in [0.5, 0.6) is 0 Å². The number of hydrogen-bond donors (Lipinski definition) is 0. The first kappa shape index (κ1) is 16.6. The van der Waals surface area contributed by atoms with Crippen LogP contribution in [0.25, 0.3) is 22.2 Å². The molecule has 2 heterocycles. The number of fused-ring (bicyclic) bond motifs is 2. The fourth-order valence-corrected chi connectivity index (χ4v) is 3.79. The first-order valence-electron chi connectivity index (χ1n) is 9.20. The third-order valence-electron chi connectivity index (χ3n) is 5.19. The van der Waals surface area contributed by atoms with Crippen molar-refractivity contribution in [1.82, 2.24) is 14.5 Å². The molecule has 0 saturated carbocycles. The van der Waals surface area contributed by atoms with Crippen LogP contribution in [0.3, 0.4) is 0 Å². The molecule has 0 aliphatic heterocycles. The zero-order valence-corrected chi connectivity index (χ0v) is 15.1. The summed E-state index contributed by atoms with van der Waals surface area (Å²) in [5, 5.41) is 0.518. The second kappa shape index (κ2) is 6.53. The van der Waals surface area contributed by atoms with Crippen molar-refractivity contribution < 1.29 is 4.79 Å². The number of pyridine rings is 1. The molecule has 5 heteroatoms. The summed E-state index contributed by atoms with van der Waals surface area (Å²) in [5.74, 6) is 0.276. The monoisotopic (exact) mass is 367 g/mol. The van der Waals surface area contributed by atoms with Gasteiger partial charge >= 0.3 is 0 Å². The van der Waals surface area contributed by atoms with Gasteiger partial charge in [0.2, 0.25) is 0 Å². The summed E-state index contributed by atoms with van der Waals surface area (Å²) in [6.07, 6.45) is 4.25. The number of carbonyl (C=O) groups excluding carboxylic acids is 1. The summed E-state index contributed by atoms with van der Waals surface area (Å²) in [6, 6.07) is 17.8. The molecular formula is C23H17N3O2. The molecule has 0 radical (unpaired) electrons. The second-order valence-corrected chi connectivity index (χ2v) is 7.13. The Morgan fingerprint density at radius 3 is 2.64 bits per heavy atom. The van der Waals surface area contributed by atoms with Crippen LogP contribution in [0, 0.1) is 0 Å². The van der Waals surface area contributed by atoms with E-state index in [1.54, 1.807) is 29.2 Å². The predicted octanol–water partition coefficient (Wildman–Crippen LogP) is 3.17. The Kier molecular flexibility index (Phi) is 3.86. The molecule has 28 heavy (non-hydrogen) atoms. The van der Waals surface area contributed by atoms with Gasteiger partial charge in [0.1, 0.15) is 12.1 Å². The van der Waals surface area contributed by atoms with Crippen LogP contribution in [-0.4, -0.2) is 20.3 Å². The highest BCUT2D eigenvalue weighted by Gasteiger charge is 2.18. The Balaban J connectivity index is 1.49. The molecule has 2 aromatic heterocycles. The van der Waals surface area contributed by atoms with E-state index in [4.69, 9.17) is 0 Å². The first-order valence-corrected chi connectivity index (χ1v) is 9.20. The number of rotatable bonds is 3. The minimum Gasteiger partial charge on any atom is -0.299 e. The van der Waals surface area contributed by atoms with Crippen molar-refractivity contribution in [2.24, 2.45) is 0 Å². The lowest BCUT2D eigenvalue weighted by Gasteiger charge is -2.09. The van der Waals surface area contributed by atoms with Gasteiger partial charge in [-0.2, -0.15) is 0 Å². The zero-order valence-electron chi connectivity index (χ0n) is 15.1. The molecular weight excluding hydrogens is 350 g/mol. The van der Waals surface area contributed by atoms with E-state index in [2.05, 4.69) is 28.2 Å². The molecule has 0 saturated heterocycles. The number of ketones is 1. The van der Waals surface area contributed by atoms with Gasteiger partial charge in [0.05, 0.1) is 11.9 Å². The number of Topliss-reactive ketones (excluding diaryl/α,β-unsaturated/α-hetero) is 1. The van der Waals surface area contributed by atoms with Crippen LogP contribution >= 0.6 is 0 Å². The van der Waals surface area contributed by atoms with Crippen LogP contribution in [0.2, 0.25) is 0 Å². The Morgan fingerprint density at radius 1 is 0.857 bits per heavy atom. The number of benzene rings is 2. The summed E-state index contributed by atoms with van der Waals surface area (Å²) in [4.78, 5) is 32.8. The van der Waals surface area contributed by atoms with E-state index in [1.165, 1.54) is 0 Å². The van der Waals surface area contributed by atoms with Gasteiger partial charge in [-0.15, -0.1) is 0 Å². The zero-order chi connectivity index (χ0) is 19.1. The largest absolute Gasteiger partial charge is 0.299 e. The maximum Gasteiger partial charge on any atom is 0.263 e. The quantitative estimate of drug-likeness (QED) is 0.558. The van der Waals surface area contributed by atoms with Gasteiger partial charge in [0.25, 0.3) is 5.56 Å². The smallest absolute Gasteiger partial charge is 0.263 e. The lowest BCUT2D eigenvalue weighted by molar-refractivity contribution is -0.117. The summed E-state index contributed by atoms with van der Waals surface area (Å²) >= 11 is 0. The van der Waals surface area contributed by atoms with Crippen LogP contribution < -0.4 is 5.56 Å². The highest BCUT2D eigenvalue weighted by molar-refractivity contribution is 5.88. The van der Waals surface area contributed by atoms with Gasteiger partial charge in [0.15, 0.2) is 5.65 Å². The van der Waals surface area contributed by atoms with Crippen molar-refractivity contribution in [3.63, 3.8) is 0 Å². The Morgan fingerprint density at radius 2 is 1.71 bits per heavy atom. The van der Waals surface area contributed by atoms with Crippen molar-refractivity contribution in [2.45, 2.75) is 19.4 Å². The van der Waals surface area contributed by atoms with E-state index in [1.807, 2.05) is 24.3 Å². The van der Waals surface area contributed by atoms with Gasteiger partial charge in [0, 0.05) is 19.0 Å². The summed E-state index contributed by atoms with van der Waals surface area (Å²) < 4.78 is 1.60. The van der Waals surface area contributed by atoms with Crippen LogP contribution in [0.4, 0.5) is 0 Å². The van der Waals surface area contributed by atoms with Gasteiger partial charge in [-0.25, -0.2) is 9.97 Å². The van der Waals surface area contributed by atoms with E-state index in [-0.39, 0.29) is 11.3 Å². The predicted molar refractivity (Wildman–Crippen MR) is 107 cm³/mol. The highest BCUT2D eigenvalue weighted by atomic mass is 16.1. The Labute approximate surface area is 161 Å². The SMILES string of the molecule is O=C1Cc2ccc(-c3cccc(Cn4cnc5ncccc5c4=O)c3)cc2C1. The minimum absolute atomic E-state index is 0.0976. The molecule has 0 fully saturated rings. The van der Waals surface area contributed by atoms with Gasteiger partial charge in [-0.1, -0.05) is 36.4 Å². The van der Waals surface area contributed by atoms with Gasteiger partial charge < -0.3 is 0 Å². The molecule has 0 N–H and O–H groups in total. The van der Waals surface area contributed by atoms with Crippen LogP contribution in [0.1, 0.15) is 16.7 Å². The lowest BCUT2D eigenvalue weighted by Crippen LogP contribution is -2.21. The molecule has 5 rings (SSSR count). The van der Waals surface area contributed by atoms with E-state index < -0.39 is 0 Å². The van der Waals surface area contributed by atoms with Gasteiger partial charge in [-0.3, -0.25) is 14.2 Å². The Bertz CT molecular complexity index is 1290. The van der Waals surface area contributed by atoms with Crippen molar-refractivity contribution in [3.8, 4) is 11.1 Å². The fraction of sp³-hybridized carbons (Fsp3) is 0.130. The summed E-state index contributed by atoms with van der Waals surface area (Å²) in [7, 11) is 0. The summed E-state index contributed by atoms with van der Waals surface area (Å²) in [6.45, 7) is 0.438. The van der Waals surface area contributed by atoms with E-state index in [0.29, 0.717) is 30.4 Å². The van der Waals surface area contributed by atoms with Crippen molar-refractivity contribution in [1.29, 1.82) is 0 Å². The normalized spacial score (nSPS) is 13.1. The molecule has 4 aromatic rings. The number of hydrogen-bond acceptors (Lipinski definition) is 4. The molecule has 1 aliphatic rings. The lowest BCUT2D eigenvalue weighted by atomic mass is 9.99. The fourth-order valence-electron chi connectivity index (χ4n) is 3.79. The molecule has 136 valence electrons. The summed E-state index contributed by atoms with van der Waals surface area (Å²) in [5.41, 5.74) is 5.79. The third kappa shape index (κ3) is 2.91. The maximum atomic E-state index is 12.7. The van der Waals surface area contributed by atoms with E-state index in [9.17, 15) is 9.59 Å². The van der Waals surface area contributed by atoms with E-state index in [0.717, 1.165) is 27.8 Å². The average Bonchev–Trinajstić information content (AvgIpc) is 3.10. The molecule has 0 bridgehead atoms. The third-order valence-corrected chi connectivity index (χ3v) is 5.19. The Hall–Kier alpha value is -3.60. The molecule has 0 atom stereocenters. The molecule has 0 spiro atoms. The number of nitrogens with zero attached hydrogens (tertiary/aromatic N) is 3. The average molecular weight is 367 g/mol. The van der Waals surface area contributed by atoms with Crippen molar-refractivity contribution in [2.75, 3.05) is 0 Å². The molecule has 1 aliphatic carbocycles.